The van der Waals surface area contributed by atoms with Crippen molar-refractivity contribution in [2.24, 2.45) is 0 Å². The highest BCUT2D eigenvalue weighted by Gasteiger charge is 2.30. The Morgan fingerprint density at radius 3 is 2.29 bits per heavy atom. The Kier molecular flexibility index (Phi) is 6.30. The van der Waals surface area contributed by atoms with Crippen LogP contribution in [0.1, 0.15) is 11.1 Å². The largest absolute Gasteiger partial charge is 0.504 e. The minimum atomic E-state index is -4.58. The van der Waals surface area contributed by atoms with Gasteiger partial charge in [-0.05, 0) is 48.5 Å². The highest BCUT2D eigenvalue weighted by Crippen LogP contribution is 2.32. The lowest BCUT2D eigenvalue weighted by Gasteiger charge is -2.13. The van der Waals surface area contributed by atoms with Crippen molar-refractivity contribution < 1.29 is 31.4 Å². The number of phenols is 1. The third-order valence-corrected chi connectivity index (χ3v) is 5.79. The van der Waals surface area contributed by atoms with E-state index in [2.05, 4.69) is 10.0 Å². The van der Waals surface area contributed by atoms with Crippen LogP contribution in [0.5, 0.6) is 11.5 Å². The zero-order chi connectivity index (χ0) is 22.6. The molecule has 3 N–H and O–H groups in total. The molecule has 0 saturated carbocycles. The second-order valence-corrected chi connectivity index (χ2v) is 8.21. The Balaban J connectivity index is 1.71. The number of halogens is 3. The van der Waals surface area contributed by atoms with Crippen LogP contribution in [0.3, 0.4) is 0 Å². The monoisotopic (exact) mass is 452 g/mol. The molecule has 0 radical (unpaired) electrons. The molecule has 0 aromatic heterocycles. The fraction of sp³-hybridized carbons (Fsp3) is 0.143. The van der Waals surface area contributed by atoms with E-state index in [-0.39, 0.29) is 22.9 Å². The molecule has 3 aromatic rings. The van der Waals surface area contributed by atoms with Crippen LogP contribution >= 0.6 is 0 Å². The molecule has 0 amide bonds. The van der Waals surface area contributed by atoms with Crippen molar-refractivity contribution in [3.05, 3.63) is 77.9 Å². The summed E-state index contributed by atoms with van der Waals surface area (Å²) in [5.74, 6) is 0.336. The molecule has 3 rings (SSSR count). The fourth-order valence-corrected chi connectivity index (χ4v) is 3.85. The summed E-state index contributed by atoms with van der Waals surface area (Å²) in [5.41, 5.74) is 0.0288. The number of rotatable bonds is 7. The molecule has 0 unspecified atom stereocenters. The Bertz CT molecular complexity index is 1160. The first-order valence-corrected chi connectivity index (χ1v) is 10.5. The van der Waals surface area contributed by atoms with E-state index in [9.17, 15) is 26.7 Å². The first-order valence-electron chi connectivity index (χ1n) is 8.99. The second-order valence-electron chi connectivity index (χ2n) is 6.53. The molecule has 6 nitrogen and oxygen atoms in total. The van der Waals surface area contributed by atoms with E-state index in [4.69, 9.17) is 4.74 Å². The van der Waals surface area contributed by atoms with Crippen LogP contribution in [0.2, 0.25) is 0 Å². The lowest BCUT2D eigenvalue weighted by molar-refractivity contribution is -0.137. The first-order chi connectivity index (χ1) is 14.6. The van der Waals surface area contributed by atoms with Gasteiger partial charge >= 0.3 is 6.18 Å². The third-order valence-electron chi connectivity index (χ3n) is 4.39. The number of para-hydroxylation sites is 1. The topological polar surface area (TPSA) is 87.7 Å². The summed E-state index contributed by atoms with van der Waals surface area (Å²) in [6.45, 7) is 0.262. The van der Waals surface area contributed by atoms with Crippen LogP contribution in [-0.4, -0.2) is 20.6 Å². The quantitative estimate of drug-likeness (QED) is 0.478. The van der Waals surface area contributed by atoms with Crippen LogP contribution in [-0.2, 0) is 22.7 Å². The van der Waals surface area contributed by atoms with Crippen molar-refractivity contribution >= 4 is 21.4 Å². The summed E-state index contributed by atoms with van der Waals surface area (Å²) in [4.78, 5) is -0.111. The average molecular weight is 452 g/mol. The summed E-state index contributed by atoms with van der Waals surface area (Å²) in [5, 5.41) is 13.2. The van der Waals surface area contributed by atoms with E-state index in [1.807, 2.05) is 0 Å². The van der Waals surface area contributed by atoms with Crippen molar-refractivity contribution in [2.45, 2.75) is 17.6 Å². The van der Waals surface area contributed by atoms with Crippen molar-refractivity contribution in [3.8, 4) is 11.5 Å². The van der Waals surface area contributed by atoms with Gasteiger partial charge in [0.2, 0.25) is 0 Å². The van der Waals surface area contributed by atoms with Crippen molar-refractivity contribution in [1.82, 2.24) is 0 Å². The number of aromatic hydroxyl groups is 1. The number of hydrogen-bond donors (Lipinski definition) is 3. The molecule has 0 heterocycles. The van der Waals surface area contributed by atoms with E-state index >= 15 is 0 Å². The van der Waals surface area contributed by atoms with E-state index in [1.54, 1.807) is 18.2 Å². The minimum absolute atomic E-state index is 0.00184. The molecule has 0 fully saturated rings. The molecule has 164 valence electrons. The molecular formula is C21H19F3N2O4S. The molecule has 0 aliphatic carbocycles. The van der Waals surface area contributed by atoms with Crippen LogP contribution in [0.4, 0.5) is 24.5 Å². The number of sulfonamides is 1. The number of hydrogen-bond acceptors (Lipinski definition) is 5. The van der Waals surface area contributed by atoms with Gasteiger partial charge in [0, 0.05) is 23.5 Å². The predicted octanol–water partition coefficient (Wildman–Crippen LogP) is 4.83. The van der Waals surface area contributed by atoms with Gasteiger partial charge in [0.15, 0.2) is 11.5 Å². The molecular weight excluding hydrogens is 433 g/mol. The Morgan fingerprint density at radius 2 is 1.65 bits per heavy atom. The molecule has 0 atom stereocenters. The van der Waals surface area contributed by atoms with Crippen molar-refractivity contribution in [2.75, 3.05) is 17.1 Å². The van der Waals surface area contributed by atoms with Crippen LogP contribution in [0.15, 0.2) is 71.6 Å². The summed E-state index contributed by atoms with van der Waals surface area (Å²) in [6, 6.07) is 14.7. The zero-order valence-electron chi connectivity index (χ0n) is 16.3. The molecule has 0 saturated heterocycles. The second kappa shape index (κ2) is 8.76. The van der Waals surface area contributed by atoms with Crippen molar-refractivity contribution in [3.63, 3.8) is 0 Å². The molecule has 3 aromatic carbocycles. The van der Waals surface area contributed by atoms with Gasteiger partial charge in [-0.3, -0.25) is 4.72 Å². The Morgan fingerprint density at radius 1 is 0.968 bits per heavy atom. The number of ether oxygens (including phenoxy) is 1. The maximum atomic E-state index is 12.8. The van der Waals surface area contributed by atoms with Gasteiger partial charge < -0.3 is 15.2 Å². The normalized spacial score (nSPS) is 11.7. The number of methoxy groups -OCH3 is 1. The van der Waals surface area contributed by atoms with Crippen LogP contribution in [0, 0.1) is 0 Å². The SMILES string of the molecule is COc1cccc(CNc2ccc(S(=O)(=O)Nc3cccc(C(F)(F)F)c3)cc2)c1O. The summed E-state index contributed by atoms with van der Waals surface area (Å²) in [7, 11) is -2.63. The fourth-order valence-electron chi connectivity index (χ4n) is 2.80. The molecule has 10 heteroatoms. The van der Waals surface area contributed by atoms with E-state index in [0.29, 0.717) is 17.0 Å². The highest BCUT2D eigenvalue weighted by atomic mass is 32.2. The van der Waals surface area contributed by atoms with Gasteiger partial charge in [-0.15, -0.1) is 0 Å². The standard InChI is InChI=1S/C21H19F3N2O4S/c1-30-19-7-2-4-14(20(19)27)13-25-16-8-10-18(11-9-16)31(28,29)26-17-6-3-5-15(12-17)21(22,23)24/h2-12,25-27H,13H2,1H3. The number of alkyl halides is 3. The molecule has 0 aliphatic heterocycles. The van der Waals surface area contributed by atoms with Gasteiger partial charge in [0.1, 0.15) is 0 Å². The third kappa shape index (κ3) is 5.40. The predicted molar refractivity (Wildman–Crippen MR) is 111 cm³/mol. The van der Waals surface area contributed by atoms with Gasteiger partial charge in [0.05, 0.1) is 17.6 Å². The number of nitrogens with one attached hydrogen (secondary N) is 2. The number of phenolic OH excluding ortho intramolecular Hbond substituents is 1. The number of anilines is 2. The van der Waals surface area contributed by atoms with Crippen LogP contribution in [0.25, 0.3) is 0 Å². The lowest BCUT2D eigenvalue weighted by Crippen LogP contribution is -2.14. The van der Waals surface area contributed by atoms with Crippen LogP contribution < -0.4 is 14.8 Å². The molecule has 0 spiro atoms. The Hall–Kier alpha value is -3.40. The molecule has 0 aliphatic rings. The maximum absolute atomic E-state index is 12.8. The van der Waals surface area contributed by atoms with E-state index in [0.717, 1.165) is 18.2 Å². The molecule has 0 bridgehead atoms. The first kappa shape index (κ1) is 22.3. The number of benzene rings is 3. The Labute approximate surface area is 177 Å². The van der Waals surface area contributed by atoms with Crippen molar-refractivity contribution in [1.29, 1.82) is 0 Å². The average Bonchev–Trinajstić information content (AvgIpc) is 2.72. The van der Waals surface area contributed by atoms with Gasteiger partial charge in [-0.1, -0.05) is 18.2 Å². The van der Waals surface area contributed by atoms with Gasteiger partial charge in [-0.2, -0.15) is 13.2 Å². The zero-order valence-corrected chi connectivity index (χ0v) is 17.1. The van der Waals surface area contributed by atoms with E-state index < -0.39 is 21.8 Å². The summed E-state index contributed by atoms with van der Waals surface area (Å²) >= 11 is 0. The summed E-state index contributed by atoms with van der Waals surface area (Å²) in [6.07, 6.45) is -4.58. The van der Waals surface area contributed by atoms with Gasteiger partial charge in [-0.25, -0.2) is 8.42 Å². The maximum Gasteiger partial charge on any atom is 0.416 e. The lowest BCUT2D eigenvalue weighted by atomic mass is 10.2. The molecule has 31 heavy (non-hydrogen) atoms. The van der Waals surface area contributed by atoms with E-state index in [1.165, 1.54) is 37.4 Å². The smallest absolute Gasteiger partial charge is 0.416 e. The van der Waals surface area contributed by atoms with Gasteiger partial charge in [0.25, 0.3) is 10.0 Å². The summed E-state index contributed by atoms with van der Waals surface area (Å²) < 4.78 is 70.7. The minimum Gasteiger partial charge on any atom is -0.504 e. The highest BCUT2D eigenvalue weighted by molar-refractivity contribution is 7.92.